The molecule has 0 saturated carbocycles. The molecule has 1 saturated heterocycles. The molecule has 1 aromatic carbocycles. The fourth-order valence-corrected chi connectivity index (χ4v) is 4.12. The number of amides is 1. The fraction of sp³-hybridized carbons (Fsp3) is 0.533. The van der Waals surface area contributed by atoms with Gasteiger partial charge in [0.05, 0.1) is 5.75 Å². The Morgan fingerprint density at radius 3 is 2.62 bits per heavy atom. The minimum absolute atomic E-state index is 0.0286. The van der Waals surface area contributed by atoms with Crippen molar-refractivity contribution in [2.75, 3.05) is 12.3 Å². The molecular weight excluding hydrogens is 310 g/mol. The maximum atomic E-state index is 12.0. The lowest BCUT2D eigenvalue weighted by Gasteiger charge is -2.24. The van der Waals surface area contributed by atoms with Crippen LogP contribution in [0.2, 0.25) is 0 Å². The summed E-state index contributed by atoms with van der Waals surface area (Å²) in [6.45, 7) is 2.50. The second-order valence-electron chi connectivity index (χ2n) is 5.70. The normalized spacial score (nSPS) is 20.8. The van der Waals surface area contributed by atoms with Crippen molar-refractivity contribution >= 4 is 25.6 Å². The van der Waals surface area contributed by atoms with Gasteiger partial charge in [0, 0.05) is 35.6 Å². The van der Waals surface area contributed by atoms with Crippen LogP contribution in [0.3, 0.4) is 0 Å². The number of carbonyl (C=O) groups excluding carboxylic acids is 1. The smallest absolute Gasteiger partial charge is 0.232 e. The molecular formula is C15H20ClNO3S. The van der Waals surface area contributed by atoms with Crippen LogP contribution in [0, 0.1) is 5.92 Å². The molecule has 1 amide bonds. The van der Waals surface area contributed by atoms with E-state index in [0.717, 1.165) is 12.8 Å². The molecule has 0 spiro atoms. The van der Waals surface area contributed by atoms with Gasteiger partial charge in [-0.1, -0.05) is 30.3 Å². The van der Waals surface area contributed by atoms with Crippen LogP contribution in [0.25, 0.3) is 0 Å². The third kappa shape index (κ3) is 5.00. The summed E-state index contributed by atoms with van der Waals surface area (Å²) in [7, 11) is 1.73. The topological polar surface area (TPSA) is 54.5 Å². The van der Waals surface area contributed by atoms with E-state index in [9.17, 15) is 13.2 Å². The maximum absolute atomic E-state index is 12.0. The first-order valence-corrected chi connectivity index (χ1v) is 9.59. The van der Waals surface area contributed by atoms with Crippen molar-refractivity contribution in [3.63, 3.8) is 0 Å². The molecule has 6 heteroatoms. The molecule has 2 unspecified atom stereocenters. The molecule has 1 aromatic rings. The molecule has 2 atom stereocenters. The summed E-state index contributed by atoms with van der Waals surface area (Å²) in [5.74, 6) is -0.276. The van der Waals surface area contributed by atoms with Crippen LogP contribution in [0.5, 0.6) is 0 Å². The number of likely N-dealkylation sites (tertiary alicyclic amines) is 1. The number of rotatable bonds is 6. The van der Waals surface area contributed by atoms with Gasteiger partial charge in [0.15, 0.2) is 0 Å². The van der Waals surface area contributed by atoms with Crippen molar-refractivity contribution in [2.45, 2.75) is 32.2 Å². The van der Waals surface area contributed by atoms with Gasteiger partial charge in [-0.15, -0.1) is 0 Å². The molecule has 0 radical (unpaired) electrons. The largest absolute Gasteiger partial charge is 0.340 e. The van der Waals surface area contributed by atoms with E-state index < -0.39 is 9.05 Å². The van der Waals surface area contributed by atoms with E-state index in [4.69, 9.17) is 10.7 Å². The lowest BCUT2D eigenvalue weighted by Crippen LogP contribution is -2.35. The van der Waals surface area contributed by atoms with Crippen molar-refractivity contribution in [3.05, 3.63) is 35.9 Å². The monoisotopic (exact) mass is 329 g/mol. The van der Waals surface area contributed by atoms with Crippen LogP contribution in [0.4, 0.5) is 0 Å². The van der Waals surface area contributed by atoms with Crippen LogP contribution in [0.15, 0.2) is 30.3 Å². The van der Waals surface area contributed by atoms with Crippen LogP contribution in [-0.4, -0.2) is 37.6 Å². The molecule has 21 heavy (non-hydrogen) atoms. The Balaban J connectivity index is 1.88. The molecule has 0 bridgehead atoms. The number of hydrogen-bond donors (Lipinski definition) is 0. The number of halogens is 1. The average molecular weight is 330 g/mol. The number of hydrogen-bond acceptors (Lipinski definition) is 3. The predicted molar refractivity (Wildman–Crippen MR) is 83.7 cm³/mol. The first kappa shape index (κ1) is 16.3. The lowest BCUT2D eigenvalue weighted by atomic mass is 10.1. The molecule has 1 fully saturated rings. The Bertz CT molecular complexity index is 588. The molecule has 0 N–H and O–H groups in total. The number of benzene rings is 1. The van der Waals surface area contributed by atoms with Gasteiger partial charge in [-0.2, -0.15) is 0 Å². The highest BCUT2D eigenvalue weighted by Crippen LogP contribution is 2.24. The van der Waals surface area contributed by atoms with Crippen LogP contribution in [-0.2, 0) is 20.3 Å². The van der Waals surface area contributed by atoms with E-state index in [0.29, 0.717) is 6.54 Å². The summed E-state index contributed by atoms with van der Waals surface area (Å²) >= 11 is 0. The number of nitrogens with zero attached hydrogens (tertiary/aromatic N) is 1. The van der Waals surface area contributed by atoms with Crippen molar-refractivity contribution < 1.29 is 13.2 Å². The highest BCUT2D eigenvalue weighted by atomic mass is 35.7. The van der Waals surface area contributed by atoms with Crippen LogP contribution >= 0.6 is 10.7 Å². The Kier molecular flexibility index (Phi) is 5.27. The Morgan fingerprint density at radius 1 is 1.33 bits per heavy atom. The SMILES string of the molecule is CC(CCc1ccccc1)N1CC(CS(=O)(=O)Cl)CC1=O. The quantitative estimate of drug-likeness (QED) is 0.753. The zero-order chi connectivity index (χ0) is 15.5. The van der Waals surface area contributed by atoms with E-state index in [1.165, 1.54) is 5.56 Å². The Morgan fingerprint density at radius 2 is 2.00 bits per heavy atom. The third-order valence-electron chi connectivity index (χ3n) is 3.90. The Labute approximate surface area is 130 Å². The standard InChI is InChI=1S/C15H20ClNO3S/c1-12(7-8-13-5-3-2-4-6-13)17-10-14(9-15(17)18)11-21(16,19)20/h2-6,12,14H,7-11H2,1H3. The first-order chi connectivity index (χ1) is 9.85. The van der Waals surface area contributed by atoms with Crippen molar-refractivity contribution in [1.82, 2.24) is 4.90 Å². The number of aryl methyl sites for hydroxylation is 1. The highest BCUT2D eigenvalue weighted by Gasteiger charge is 2.34. The van der Waals surface area contributed by atoms with Crippen molar-refractivity contribution in [3.8, 4) is 0 Å². The van der Waals surface area contributed by atoms with Gasteiger partial charge in [0.2, 0.25) is 15.0 Å². The highest BCUT2D eigenvalue weighted by molar-refractivity contribution is 8.13. The maximum Gasteiger partial charge on any atom is 0.232 e. The minimum atomic E-state index is -3.54. The summed E-state index contributed by atoms with van der Waals surface area (Å²) in [5, 5.41) is 0. The molecule has 0 aromatic heterocycles. The molecule has 1 heterocycles. The second kappa shape index (κ2) is 6.79. The van der Waals surface area contributed by atoms with Gasteiger partial charge in [-0.25, -0.2) is 8.42 Å². The van der Waals surface area contributed by atoms with E-state index in [1.807, 2.05) is 25.1 Å². The molecule has 1 aliphatic heterocycles. The first-order valence-electron chi connectivity index (χ1n) is 7.11. The fourth-order valence-electron chi connectivity index (χ4n) is 2.80. The summed E-state index contributed by atoms with van der Waals surface area (Å²) in [4.78, 5) is 13.8. The van der Waals surface area contributed by atoms with Gasteiger partial charge in [0.25, 0.3) is 0 Å². The predicted octanol–water partition coefficient (Wildman–Crippen LogP) is 2.42. The summed E-state index contributed by atoms with van der Waals surface area (Å²) in [5.41, 5.74) is 1.25. The van der Waals surface area contributed by atoms with E-state index in [-0.39, 0.29) is 30.0 Å². The van der Waals surface area contributed by atoms with Crippen LogP contribution < -0.4 is 0 Å². The zero-order valence-corrected chi connectivity index (χ0v) is 13.6. The van der Waals surface area contributed by atoms with Crippen LogP contribution in [0.1, 0.15) is 25.3 Å². The summed E-state index contributed by atoms with van der Waals surface area (Å²) in [6.07, 6.45) is 2.06. The second-order valence-corrected chi connectivity index (χ2v) is 8.52. The molecule has 116 valence electrons. The van der Waals surface area contributed by atoms with Gasteiger partial charge >= 0.3 is 0 Å². The minimum Gasteiger partial charge on any atom is -0.340 e. The Hall–Kier alpha value is -1.07. The van der Waals surface area contributed by atoms with E-state index in [1.54, 1.807) is 4.90 Å². The van der Waals surface area contributed by atoms with Gasteiger partial charge in [-0.05, 0) is 25.3 Å². The van der Waals surface area contributed by atoms with E-state index >= 15 is 0 Å². The van der Waals surface area contributed by atoms with Gasteiger partial charge in [-0.3, -0.25) is 4.79 Å². The summed E-state index contributed by atoms with van der Waals surface area (Å²) in [6, 6.07) is 10.2. The molecule has 4 nitrogen and oxygen atoms in total. The van der Waals surface area contributed by atoms with Crippen molar-refractivity contribution in [1.29, 1.82) is 0 Å². The lowest BCUT2D eigenvalue weighted by molar-refractivity contribution is -0.129. The zero-order valence-electron chi connectivity index (χ0n) is 12.0. The molecule has 2 rings (SSSR count). The van der Waals surface area contributed by atoms with Gasteiger partial charge < -0.3 is 4.90 Å². The van der Waals surface area contributed by atoms with Crippen molar-refractivity contribution in [2.24, 2.45) is 5.92 Å². The van der Waals surface area contributed by atoms with E-state index in [2.05, 4.69) is 12.1 Å². The third-order valence-corrected chi connectivity index (χ3v) is 5.15. The molecule has 0 aliphatic carbocycles. The molecule has 1 aliphatic rings. The average Bonchev–Trinajstić information content (AvgIpc) is 2.76. The van der Waals surface area contributed by atoms with Gasteiger partial charge in [0.1, 0.15) is 0 Å². The summed E-state index contributed by atoms with van der Waals surface area (Å²) < 4.78 is 22.2. The number of carbonyl (C=O) groups is 1.